The Bertz CT molecular complexity index is 275. The second kappa shape index (κ2) is 7.66. The average molecular weight is 244 g/mol. The molecule has 0 aliphatic carbocycles. The molecule has 0 aliphatic rings. The predicted molar refractivity (Wildman–Crippen MR) is 71.0 cm³/mol. The summed E-state index contributed by atoms with van der Waals surface area (Å²) in [5.74, 6) is 0. The predicted octanol–water partition coefficient (Wildman–Crippen LogP) is 2.87. The van der Waals surface area contributed by atoms with Crippen molar-refractivity contribution < 1.29 is 5.11 Å². The van der Waals surface area contributed by atoms with Crippen LogP contribution in [0.15, 0.2) is 30.3 Å². The topological polar surface area (TPSA) is 23.5 Å². The second-order valence-electron chi connectivity index (χ2n) is 3.82. The third kappa shape index (κ3) is 3.78. The van der Waals surface area contributed by atoms with Crippen LogP contribution in [-0.2, 0) is 0 Å². The number of rotatable bonds is 5. The number of halogens is 1. The van der Waals surface area contributed by atoms with Gasteiger partial charge in [0.25, 0.3) is 0 Å². The van der Waals surface area contributed by atoms with E-state index in [-0.39, 0.29) is 18.4 Å². The highest BCUT2D eigenvalue weighted by Gasteiger charge is 2.20. The first-order valence-electron chi connectivity index (χ1n) is 5.67. The lowest BCUT2D eigenvalue weighted by molar-refractivity contribution is 0.0638. The first kappa shape index (κ1) is 15.4. The number of hydrogen-bond donors (Lipinski definition) is 1. The highest BCUT2D eigenvalue weighted by atomic mass is 35.5. The molecule has 0 saturated heterocycles. The number of aliphatic hydroxyl groups is 1. The SMILES string of the molecule is CCN(CC)[C@@H](C)[C@@H](O)c1ccccc1.Cl. The van der Waals surface area contributed by atoms with Gasteiger partial charge >= 0.3 is 0 Å². The fourth-order valence-corrected chi connectivity index (χ4v) is 1.93. The molecule has 1 aromatic rings. The summed E-state index contributed by atoms with van der Waals surface area (Å²) in [6, 6.07) is 10.0. The minimum absolute atomic E-state index is 0. The Labute approximate surface area is 105 Å². The molecule has 0 aromatic heterocycles. The van der Waals surface area contributed by atoms with Crippen LogP contribution in [0.3, 0.4) is 0 Å². The van der Waals surface area contributed by atoms with Crippen LogP contribution >= 0.6 is 12.4 Å². The van der Waals surface area contributed by atoms with E-state index in [4.69, 9.17) is 0 Å². The van der Waals surface area contributed by atoms with Crippen LogP contribution in [0, 0.1) is 0 Å². The Morgan fingerprint density at radius 3 is 2.06 bits per heavy atom. The molecule has 0 saturated carbocycles. The van der Waals surface area contributed by atoms with Gasteiger partial charge in [-0.3, -0.25) is 4.90 Å². The van der Waals surface area contributed by atoms with Gasteiger partial charge in [0.05, 0.1) is 6.10 Å². The molecule has 0 heterocycles. The Kier molecular flexibility index (Phi) is 7.39. The van der Waals surface area contributed by atoms with Crippen molar-refractivity contribution >= 4 is 12.4 Å². The van der Waals surface area contributed by atoms with E-state index >= 15 is 0 Å². The van der Waals surface area contributed by atoms with Gasteiger partial charge in [-0.05, 0) is 25.6 Å². The quantitative estimate of drug-likeness (QED) is 0.860. The maximum Gasteiger partial charge on any atom is 0.0942 e. The molecule has 0 radical (unpaired) electrons. The summed E-state index contributed by atoms with van der Waals surface area (Å²) in [5.41, 5.74) is 0.997. The summed E-state index contributed by atoms with van der Waals surface area (Å²) in [6.45, 7) is 8.27. The second-order valence-corrected chi connectivity index (χ2v) is 3.82. The van der Waals surface area contributed by atoms with Crippen molar-refractivity contribution in [1.82, 2.24) is 4.90 Å². The summed E-state index contributed by atoms with van der Waals surface area (Å²) in [6.07, 6.45) is -0.397. The molecule has 2 atom stereocenters. The molecule has 16 heavy (non-hydrogen) atoms. The zero-order valence-electron chi connectivity index (χ0n) is 10.3. The Morgan fingerprint density at radius 2 is 1.62 bits per heavy atom. The van der Waals surface area contributed by atoms with Crippen LogP contribution in [0.5, 0.6) is 0 Å². The van der Waals surface area contributed by atoms with Gasteiger partial charge in [0.1, 0.15) is 0 Å². The maximum atomic E-state index is 10.2. The summed E-state index contributed by atoms with van der Waals surface area (Å²) in [5, 5.41) is 10.2. The van der Waals surface area contributed by atoms with Gasteiger partial charge in [0, 0.05) is 6.04 Å². The van der Waals surface area contributed by atoms with Crippen LogP contribution in [0.25, 0.3) is 0 Å². The lowest BCUT2D eigenvalue weighted by Crippen LogP contribution is -2.37. The molecule has 3 heteroatoms. The van der Waals surface area contributed by atoms with Crippen molar-refractivity contribution in [1.29, 1.82) is 0 Å². The number of likely N-dealkylation sites (N-methyl/N-ethyl adjacent to an activating group) is 1. The molecule has 1 aromatic carbocycles. The third-order valence-electron chi connectivity index (χ3n) is 2.99. The zero-order chi connectivity index (χ0) is 11.3. The van der Waals surface area contributed by atoms with E-state index in [0.29, 0.717) is 0 Å². The van der Waals surface area contributed by atoms with Crippen molar-refractivity contribution in [3.8, 4) is 0 Å². The summed E-state index contributed by atoms with van der Waals surface area (Å²) in [4.78, 5) is 2.26. The van der Waals surface area contributed by atoms with Crippen molar-refractivity contribution in [3.63, 3.8) is 0 Å². The largest absolute Gasteiger partial charge is 0.387 e. The van der Waals surface area contributed by atoms with E-state index in [1.54, 1.807) is 0 Å². The van der Waals surface area contributed by atoms with Gasteiger partial charge in [0.2, 0.25) is 0 Å². The van der Waals surface area contributed by atoms with E-state index in [2.05, 4.69) is 25.7 Å². The molecule has 0 unspecified atom stereocenters. The molecule has 1 rings (SSSR count). The molecule has 0 fully saturated rings. The molecule has 2 nitrogen and oxygen atoms in total. The highest BCUT2D eigenvalue weighted by molar-refractivity contribution is 5.85. The van der Waals surface area contributed by atoms with Crippen LogP contribution < -0.4 is 0 Å². The zero-order valence-corrected chi connectivity index (χ0v) is 11.1. The number of nitrogens with zero attached hydrogens (tertiary/aromatic N) is 1. The smallest absolute Gasteiger partial charge is 0.0942 e. The molecule has 0 spiro atoms. The van der Waals surface area contributed by atoms with Crippen LogP contribution in [0.2, 0.25) is 0 Å². The van der Waals surface area contributed by atoms with Crippen molar-refractivity contribution in [2.24, 2.45) is 0 Å². The van der Waals surface area contributed by atoms with Gasteiger partial charge in [0.15, 0.2) is 0 Å². The van der Waals surface area contributed by atoms with Gasteiger partial charge in [-0.2, -0.15) is 0 Å². The normalized spacial score (nSPS) is 14.3. The fourth-order valence-electron chi connectivity index (χ4n) is 1.93. The van der Waals surface area contributed by atoms with Gasteiger partial charge < -0.3 is 5.11 Å². The minimum Gasteiger partial charge on any atom is -0.387 e. The van der Waals surface area contributed by atoms with E-state index in [9.17, 15) is 5.11 Å². The van der Waals surface area contributed by atoms with E-state index in [1.807, 2.05) is 30.3 Å². The Morgan fingerprint density at radius 1 is 1.12 bits per heavy atom. The standard InChI is InChI=1S/C13H21NO.ClH/c1-4-14(5-2)11(3)13(15)12-9-7-6-8-10-12;/h6-11,13,15H,4-5H2,1-3H3;1H/t11-,13+;/m0./s1. The average Bonchev–Trinajstić information content (AvgIpc) is 2.30. The summed E-state index contributed by atoms with van der Waals surface area (Å²) in [7, 11) is 0. The molecule has 0 aliphatic heterocycles. The molecular formula is C13H22ClNO. The van der Waals surface area contributed by atoms with Crippen LogP contribution in [0.1, 0.15) is 32.4 Å². The Hall–Kier alpha value is -0.570. The van der Waals surface area contributed by atoms with Gasteiger partial charge in [-0.15, -0.1) is 12.4 Å². The fraction of sp³-hybridized carbons (Fsp3) is 0.538. The first-order chi connectivity index (χ1) is 7.20. The molecule has 0 amide bonds. The van der Waals surface area contributed by atoms with Crippen LogP contribution in [0.4, 0.5) is 0 Å². The van der Waals surface area contributed by atoms with E-state index in [0.717, 1.165) is 18.7 Å². The highest BCUT2D eigenvalue weighted by Crippen LogP contribution is 2.20. The van der Waals surface area contributed by atoms with E-state index < -0.39 is 6.10 Å². The van der Waals surface area contributed by atoms with Gasteiger partial charge in [-0.25, -0.2) is 0 Å². The van der Waals surface area contributed by atoms with Crippen LogP contribution in [-0.4, -0.2) is 29.1 Å². The summed E-state index contributed by atoms with van der Waals surface area (Å²) >= 11 is 0. The van der Waals surface area contributed by atoms with Crippen molar-refractivity contribution in [2.75, 3.05) is 13.1 Å². The number of hydrogen-bond acceptors (Lipinski definition) is 2. The third-order valence-corrected chi connectivity index (χ3v) is 2.99. The number of aliphatic hydroxyl groups excluding tert-OH is 1. The summed E-state index contributed by atoms with van der Waals surface area (Å²) < 4.78 is 0. The lowest BCUT2D eigenvalue weighted by atomic mass is 10.0. The molecule has 0 bridgehead atoms. The maximum absolute atomic E-state index is 10.2. The molecule has 92 valence electrons. The van der Waals surface area contributed by atoms with Crippen molar-refractivity contribution in [2.45, 2.75) is 32.9 Å². The monoisotopic (exact) mass is 243 g/mol. The van der Waals surface area contributed by atoms with Crippen molar-refractivity contribution in [3.05, 3.63) is 35.9 Å². The minimum atomic E-state index is -0.397. The van der Waals surface area contributed by atoms with E-state index in [1.165, 1.54) is 0 Å². The first-order valence-corrected chi connectivity index (χ1v) is 5.67. The lowest BCUT2D eigenvalue weighted by Gasteiger charge is -2.30. The Balaban J connectivity index is 0.00000225. The molecule has 1 N–H and O–H groups in total. The number of benzene rings is 1. The molecular weight excluding hydrogens is 222 g/mol. The van der Waals surface area contributed by atoms with Gasteiger partial charge in [-0.1, -0.05) is 44.2 Å².